The minimum absolute atomic E-state index is 0.113. The van der Waals surface area contributed by atoms with Crippen LogP contribution in [0.1, 0.15) is 11.1 Å². The van der Waals surface area contributed by atoms with Crippen LogP contribution in [0.4, 0.5) is 24.8 Å². The second-order valence-electron chi connectivity index (χ2n) is 9.13. The number of nitrogens with zero attached hydrogens (tertiary/aromatic N) is 7. The Bertz CT molecular complexity index is 1400. The molecule has 0 saturated carbocycles. The highest BCUT2D eigenvalue weighted by Gasteiger charge is 2.35. The molecule has 5 rings (SSSR count). The summed E-state index contributed by atoms with van der Waals surface area (Å²) in [4.78, 5) is 12.5. The number of halogens is 3. The molecule has 2 fully saturated rings. The van der Waals surface area contributed by atoms with Gasteiger partial charge in [0.05, 0.1) is 30.6 Å². The molecular weight excluding hydrogens is 513 g/mol. The van der Waals surface area contributed by atoms with E-state index in [1.807, 2.05) is 11.0 Å². The Labute approximate surface area is 211 Å². The molecule has 2 aliphatic rings. The van der Waals surface area contributed by atoms with Gasteiger partial charge in [-0.1, -0.05) is 0 Å². The molecule has 0 bridgehead atoms. The van der Waals surface area contributed by atoms with E-state index < -0.39 is 21.8 Å². The summed E-state index contributed by atoms with van der Waals surface area (Å²) in [5.74, 6) is 0.147. The van der Waals surface area contributed by atoms with E-state index in [9.17, 15) is 21.6 Å². The number of fused-ring (bicyclic) bond motifs is 1. The number of sulfonamides is 1. The lowest BCUT2D eigenvalue weighted by Gasteiger charge is -2.32. The summed E-state index contributed by atoms with van der Waals surface area (Å²) < 4.78 is 73.5. The lowest BCUT2D eigenvalue weighted by molar-refractivity contribution is -0.137. The van der Waals surface area contributed by atoms with Crippen molar-refractivity contribution in [3.05, 3.63) is 35.7 Å². The highest BCUT2D eigenvalue weighted by atomic mass is 32.2. The molecule has 2 saturated heterocycles. The van der Waals surface area contributed by atoms with Gasteiger partial charge in [0, 0.05) is 58.2 Å². The summed E-state index contributed by atoms with van der Waals surface area (Å²) in [5.41, 5.74) is 5.88. The lowest BCUT2D eigenvalue weighted by Crippen LogP contribution is -2.47. The van der Waals surface area contributed by atoms with Gasteiger partial charge in [-0.05, 0) is 17.7 Å². The highest BCUT2D eigenvalue weighted by Crippen LogP contribution is 2.37. The zero-order valence-electron chi connectivity index (χ0n) is 20.1. The number of hydrogen-bond acceptors (Lipinski definition) is 9. The molecular formula is C22H27F3N8O3S. The molecule has 3 aromatic heterocycles. The van der Waals surface area contributed by atoms with E-state index in [-0.39, 0.29) is 17.2 Å². The Morgan fingerprint density at radius 1 is 1.08 bits per heavy atom. The topological polar surface area (TPSA) is 122 Å². The maximum absolute atomic E-state index is 13.8. The molecule has 0 aromatic carbocycles. The van der Waals surface area contributed by atoms with Crippen LogP contribution in [0.25, 0.3) is 16.9 Å². The number of nitrogens with two attached hydrogens (primary N) is 1. The Kier molecular flexibility index (Phi) is 6.72. The van der Waals surface area contributed by atoms with E-state index in [4.69, 9.17) is 10.5 Å². The van der Waals surface area contributed by atoms with Crippen LogP contribution in [0.2, 0.25) is 0 Å². The molecule has 3 aromatic rings. The summed E-state index contributed by atoms with van der Waals surface area (Å²) in [6.45, 7) is 4.49. The number of ether oxygens (including phenoxy) is 1. The van der Waals surface area contributed by atoms with Crippen LogP contribution >= 0.6 is 0 Å². The minimum Gasteiger partial charge on any atom is -0.384 e. The smallest absolute Gasteiger partial charge is 0.384 e. The number of pyridine rings is 1. The van der Waals surface area contributed by atoms with Crippen LogP contribution in [0.3, 0.4) is 0 Å². The predicted octanol–water partition coefficient (Wildman–Crippen LogP) is 1.31. The molecule has 11 nitrogen and oxygen atoms in total. The van der Waals surface area contributed by atoms with Crippen LogP contribution in [0.5, 0.6) is 0 Å². The Morgan fingerprint density at radius 3 is 2.43 bits per heavy atom. The zero-order valence-corrected chi connectivity index (χ0v) is 21.0. The van der Waals surface area contributed by atoms with Gasteiger partial charge < -0.3 is 15.4 Å². The fourth-order valence-corrected chi connectivity index (χ4v) is 5.43. The molecule has 0 amide bonds. The summed E-state index contributed by atoms with van der Waals surface area (Å²) in [7, 11) is -3.23. The van der Waals surface area contributed by atoms with Gasteiger partial charge in [-0.15, -0.1) is 5.10 Å². The average Bonchev–Trinajstić information content (AvgIpc) is 3.25. The number of hydrogen-bond donors (Lipinski definition) is 1. The van der Waals surface area contributed by atoms with Gasteiger partial charge in [-0.25, -0.2) is 22.9 Å². The first-order valence-corrected chi connectivity index (χ1v) is 13.6. The van der Waals surface area contributed by atoms with Gasteiger partial charge in [0.2, 0.25) is 10.0 Å². The van der Waals surface area contributed by atoms with E-state index in [0.29, 0.717) is 70.4 Å². The largest absolute Gasteiger partial charge is 0.417 e. The van der Waals surface area contributed by atoms with E-state index in [0.717, 1.165) is 17.8 Å². The van der Waals surface area contributed by atoms with Crippen LogP contribution in [0, 0.1) is 0 Å². The number of morpholine rings is 1. The number of anilines is 2. The van der Waals surface area contributed by atoms with Crippen LogP contribution in [-0.4, -0.2) is 95.9 Å². The third-order valence-electron chi connectivity index (χ3n) is 6.49. The lowest BCUT2D eigenvalue weighted by atomic mass is 10.1. The summed E-state index contributed by atoms with van der Waals surface area (Å²) in [6.07, 6.45) is -0.646. The first-order chi connectivity index (χ1) is 17.5. The first kappa shape index (κ1) is 25.6. The number of nitrogen functional groups attached to an aromatic ring is 1. The highest BCUT2D eigenvalue weighted by molar-refractivity contribution is 7.88. The van der Waals surface area contributed by atoms with Crippen LogP contribution in [0.15, 0.2) is 24.5 Å². The fourth-order valence-electron chi connectivity index (χ4n) is 4.61. The molecule has 0 radical (unpaired) electrons. The van der Waals surface area contributed by atoms with Gasteiger partial charge in [-0.2, -0.15) is 17.5 Å². The molecule has 0 unspecified atom stereocenters. The van der Waals surface area contributed by atoms with Crippen LogP contribution in [-0.2, 0) is 27.5 Å². The molecule has 0 atom stereocenters. The molecule has 37 heavy (non-hydrogen) atoms. The van der Waals surface area contributed by atoms with Crippen molar-refractivity contribution in [1.82, 2.24) is 28.8 Å². The van der Waals surface area contributed by atoms with Gasteiger partial charge in [0.1, 0.15) is 11.3 Å². The molecule has 15 heteroatoms. The van der Waals surface area contributed by atoms with Crippen molar-refractivity contribution < 1.29 is 26.3 Å². The number of alkyl halides is 3. The molecule has 2 aliphatic heterocycles. The van der Waals surface area contributed by atoms with Crippen molar-refractivity contribution in [3.63, 3.8) is 0 Å². The standard InChI is InChI=1S/C22H27F3N8O3S/c1-37(34,35)32-4-2-30(3-5-32)13-15-10-18-21(31-6-8-36-9-7-31)28-20(29-33(18)14-15)16-12-27-19(26)11-17(16)22(23,24)25/h10-12,14H,2-9,13H2,1H3,(H2,26,27). The maximum Gasteiger partial charge on any atom is 0.417 e. The maximum atomic E-state index is 13.8. The van der Waals surface area contributed by atoms with Crippen molar-refractivity contribution in [3.8, 4) is 11.4 Å². The van der Waals surface area contributed by atoms with Gasteiger partial charge in [0.25, 0.3) is 0 Å². The zero-order chi connectivity index (χ0) is 26.4. The molecule has 5 heterocycles. The SMILES string of the molecule is CS(=O)(=O)N1CCN(Cc2cc3c(N4CCOCC4)nc(-c4cnc(N)cc4C(F)(F)F)nn3c2)CC1. The second-order valence-corrected chi connectivity index (χ2v) is 11.1. The van der Waals surface area contributed by atoms with Crippen molar-refractivity contribution in [2.45, 2.75) is 12.7 Å². The molecule has 0 spiro atoms. The normalized spacial score (nSPS) is 18.5. The van der Waals surface area contributed by atoms with E-state index in [2.05, 4.69) is 20.0 Å². The number of rotatable bonds is 5. The monoisotopic (exact) mass is 540 g/mol. The predicted molar refractivity (Wildman–Crippen MR) is 130 cm³/mol. The summed E-state index contributed by atoms with van der Waals surface area (Å²) >= 11 is 0. The van der Waals surface area contributed by atoms with E-state index in [1.165, 1.54) is 10.6 Å². The quantitative estimate of drug-likeness (QED) is 0.510. The summed E-state index contributed by atoms with van der Waals surface area (Å²) in [5, 5.41) is 4.42. The second kappa shape index (κ2) is 9.70. The third kappa shape index (κ3) is 5.49. The van der Waals surface area contributed by atoms with Gasteiger partial charge in [0.15, 0.2) is 11.6 Å². The van der Waals surface area contributed by atoms with Gasteiger partial charge >= 0.3 is 6.18 Å². The van der Waals surface area contributed by atoms with Crippen molar-refractivity contribution in [2.75, 3.05) is 69.4 Å². The number of aromatic nitrogens is 4. The fraction of sp³-hybridized carbons (Fsp3) is 0.500. The van der Waals surface area contributed by atoms with Crippen molar-refractivity contribution in [2.24, 2.45) is 0 Å². The average molecular weight is 541 g/mol. The Hall–Kier alpha value is -3.01. The number of piperazine rings is 1. The Balaban J connectivity index is 1.52. The third-order valence-corrected chi connectivity index (χ3v) is 7.79. The summed E-state index contributed by atoms with van der Waals surface area (Å²) in [6, 6.07) is 2.71. The van der Waals surface area contributed by atoms with E-state index in [1.54, 1.807) is 10.7 Å². The Morgan fingerprint density at radius 2 is 1.78 bits per heavy atom. The van der Waals surface area contributed by atoms with Gasteiger partial charge in [-0.3, -0.25) is 4.90 Å². The van der Waals surface area contributed by atoms with Crippen molar-refractivity contribution in [1.29, 1.82) is 0 Å². The molecule has 200 valence electrons. The molecule has 0 aliphatic carbocycles. The van der Waals surface area contributed by atoms with E-state index >= 15 is 0 Å². The van der Waals surface area contributed by atoms with Crippen LogP contribution < -0.4 is 10.6 Å². The molecule has 2 N–H and O–H groups in total. The van der Waals surface area contributed by atoms with Crippen molar-refractivity contribution >= 4 is 27.2 Å². The first-order valence-electron chi connectivity index (χ1n) is 11.7. The minimum atomic E-state index is -4.67.